The van der Waals surface area contributed by atoms with E-state index in [1.807, 2.05) is 61.5 Å². The van der Waals surface area contributed by atoms with Crippen LogP contribution in [0.4, 0.5) is 0 Å². The number of hydrogen-bond acceptors (Lipinski definition) is 3. The van der Waals surface area contributed by atoms with Gasteiger partial charge in [0.05, 0.1) is 24.1 Å². The van der Waals surface area contributed by atoms with Crippen molar-refractivity contribution in [3.63, 3.8) is 0 Å². The standard InChI is InChI=1S/C21H20ClN3O/c1-15-12-24-17(13-23-15)14-25-21(26)11-19(16-7-3-2-4-8-16)18-9-5-6-10-20(18)22/h2-10,12-13,19H,11,14H2,1H3,(H,25,26). The molecule has 0 aliphatic heterocycles. The van der Waals surface area contributed by atoms with Gasteiger partial charge in [-0.05, 0) is 24.1 Å². The van der Waals surface area contributed by atoms with E-state index in [4.69, 9.17) is 11.6 Å². The number of aryl methyl sites for hydroxylation is 1. The SMILES string of the molecule is Cc1cnc(CNC(=O)CC(c2ccccc2)c2ccccc2Cl)cn1. The third-order valence-electron chi connectivity index (χ3n) is 4.17. The summed E-state index contributed by atoms with van der Waals surface area (Å²) in [5.41, 5.74) is 3.59. The van der Waals surface area contributed by atoms with Crippen molar-refractivity contribution in [1.82, 2.24) is 15.3 Å². The topological polar surface area (TPSA) is 54.9 Å². The minimum Gasteiger partial charge on any atom is -0.350 e. The summed E-state index contributed by atoms with van der Waals surface area (Å²) in [6.07, 6.45) is 3.68. The zero-order valence-corrected chi connectivity index (χ0v) is 15.3. The highest BCUT2D eigenvalue weighted by Gasteiger charge is 2.20. The van der Waals surface area contributed by atoms with Crippen LogP contribution in [0, 0.1) is 6.92 Å². The van der Waals surface area contributed by atoms with E-state index >= 15 is 0 Å². The molecule has 0 radical (unpaired) electrons. The third kappa shape index (κ3) is 4.67. The Morgan fingerprint density at radius 3 is 2.46 bits per heavy atom. The second-order valence-corrected chi connectivity index (χ2v) is 6.52. The zero-order chi connectivity index (χ0) is 18.4. The number of amides is 1. The van der Waals surface area contributed by atoms with Crippen molar-refractivity contribution in [1.29, 1.82) is 0 Å². The Labute approximate surface area is 158 Å². The highest BCUT2D eigenvalue weighted by Crippen LogP contribution is 2.32. The van der Waals surface area contributed by atoms with Crippen LogP contribution >= 0.6 is 11.6 Å². The van der Waals surface area contributed by atoms with Gasteiger partial charge in [0.15, 0.2) is 0 Å². The summed E-state index contributed by atoms with van der Waals surface area (Å²) in [5.74, 6) is -0.157. The van der Waals surface area contributed by atoms with E-state index in [0.29, 0.717) is 18.0 Å². The van der Waals surface area contributed by atoms with E-state index in [1.54, 1.807) is 12.4 Å². The molecule has 0 bridgehead atoms. The highest BCUT2D eigenvalue weighted by atomic mass is 35.5. The number of halogens is 1. The van der Waals surface area contributed by atoms with Crippen LogP contribution in [0.1, 0.15) is 34.9 Å². The van der Waals surface area contributed by atoms with E-state index in [9.17, 15) is 4.79 Å². The number of nitrogens with zero attached hydrogens (tertiary/aromatic N) is 2. The fourth-order valence-electron chi connectivity index (χ4n) is 2.81. The maximum Gasteiger partial charge on any atom is 0.221 e. The lowest BCUT2D eigenvalue weighted by atomic mass is 9.88. The maximum atomic E-state index is 12.5. The lowest BCUT2D eigenvalue weighted by Gasteiger charge is -2.19. The van der Waals surface area contributed by atoms with Crippen LogP contribution in [0.3, 0.4) is 0 Å². The van der Waals surface area contributed by atoms with Gasteiger partial charge in [-0.3, -0.25) is 14.8 Å². The van der Waals surface area contributed by atoms with Gasteiger partial charge in [-0.15, -0.1) is 0 Å². The first-order chi connectivity index (χ1) is 12.6. The minimum atomic E-state index is -0.103. The monoisotopic (exact) mass is 365 g/mol. The van der Waals surface area contributed by atoms with Gasteiger partial charge < -0.3 is 5.32 Å². The molecule has 0 saturated heterocycles. The van der Waals surface area contributed by atoms with Crippen LogP contribution in [0.15, 0.2) is 67.0 Å². The van der Waals surface area contributed by atoms with Gasteiger partial charge in [0.2, 0.25) is 5.91 Å². The van der Waals surface area contributed by atoms with E-state index in [-0.39, 0.29) is 11.8 Å². The maximum absolute atomic E-state index is 12.5. The van der Waals surface area contributed by atoms with Gasteiger partial charge >= 0.3 is 0 Å². The number of rotatable bonds is 6. The molecule has 1 N–H and O–H groups in total. The molecule has 4 nitrogen and oxygen atoms in total. The number of aromatic nitrogens is 2. The summed E-state index contributed by atoms with van der Waals surface area (Å²) in [6.45, 7) is 2.24. The normalized spacial score (nSPS) is 11.8. The highest BCUT2D eigenvalue weighted by molar-refractivity contribution is 6.31. The smallest absolute Gasteiger partial charge is 0.221 e. The van der Waals surface area contributed by atoms with Crippen LogP contribution in [0.2, 0.25) is 5.02 Å². The van der Waals surface area contributed by atoms with Crippen LogP contribution in [-0.2, 0) is 11.3 Å². The molecule has 1 amide bonds. The van der Waals surface area contributed by atoms with E-state index < -0.39 is 0 Å². The van der Waals surface area contributed by atoms with Gasteiger partial charge in [-0.2, -0.15) is 0 Å². The molecule has 5 heteroatoms. The second-order valence-electron chi connectivity index (χ2n) is 6.11. The molecule has 0 aliphatic carbocycles. The lowest BCUT2D eigenvalue weighted by Crippen LogP contribution is -2.25. The van der Waals surface area contributed by atoms with Gasteiger partial charge in [-0.25, -0.2) is 0 Å². The van der Waals surface area contributed by atoms with Gasteiger partial charge in [0.1, 0.15) is 0 Å². The van der Waals surface area contributed by atoms with Crippen molar-refractivity contribution in [2.45, 2.75) is 25.8 Å². The number of benzene rings is 2. The predicted octanol–water partition coefficient (Wildman–Crippen LogP) is 4.28. The van der Waals surface area contributed by atoms with Crippen molar-refractivity contribution in [3.8, 4) is 0 Å². The largest absolute Gasteiger partial charge is 0.350 e. The van der Waals surface area contributed by atoms with Crippen LogP contribution in [0.5, 0.6) is 0 Å². The zero-order valence-electron chi connectivity index (χ0n) is 14.5. The van der Waals surface area contributed by atoms with Crippen LogP contribution < -0.4 is 5.32 Å². The molecule has 3 rings (SSSR count). The van der Waals surface area contributed by atoms with E-state index in [1.165, 1.54) is 0 Å². The van der Waals surface area contributed by atoms with E-state index in [2.05, 4.69) is 15.3 Å². The van der Waals surface area contributed by atoms with E-state index in [0.717, 1.165) is 22.5 Å². The average molecular weight is 366 g/mol. The Morgan fingerprint density at radius 1 is 1.04 bits per heavy atom. The molecule has 2 aromatic carbocycles. The van der Waals surface area contributed by atoms with Crippen molar-refractivity contribution >= 4 is 17.5 Å². The fraction of sp³-hybridized carbons (Fsp3) is 0.190. The summed E-state index contributed by atoms with van der Waals surface area (Å²) in [5, 5.41) is 3.59. The summed E-state index contributed by atoms with van der Waals surface area (Å²) in [7, 11) is 0. The summed E-state index contributed by atoms with van der Waals surface area (Å²) in [6, 6.07) is 17.6. The van der Waals surface area contributed by atoms with Crippen LogP contribution in [-0.4, -0.2) is 15.9 Å². The Hall–Kier alpha value is -2.72. The molecular formula is C21H20ClN3O. The lowest BCUT2D eigenvalue weighted by molar-refractivity contribution is -0.121. The second kappa shape index (κ2) is 8.59. The molecular weight excluding hydrogens is 346 g/mol. The number of carbonyl (C=O) groups is 1. The first kappa shape index (κ1) is 18.1. The van der Waals surface area contributed by atoms with Crippen molar-refractivity contribution in [2.75, 3.05) is 0 Å². The molecule has 0 fully saturated rings. The molecule has 132 valence electrons. The first-order valence-electron chi connectivity index (χ1n) is 8.47. The van der Waals surface area contributed by atoms with Crippen LogP contribution in [0.25, 0.3) is 0 Å². The van der Waals surface area contributed by atoms with Crippen molar-refractivity contribution in [2.24, 2.45) is 0 Å². The average Bonchev–Trinajstić information content (AvgIpc) is 2.67. The molecule has 0 spiro atoms. The number of hydrogen-bond donors (Lipinski definition) is 1. The number of carbonyl (C=O) groups excluding carboxylic acids is 1. The first-order valence-corrected chi connectivity index (χ1v) is 8.85. The molecule has 0 saturated carbocycles. The fourth-order valence-corrected chi connectivity index (χ4v) is 3.08. The Bertz CT molecular complexity index is 866. The van der Waals surface area contributed by atoms with Gasteiger partial charge in [-0.1, -0.05) is 60.1 Å². The van der Waals surface area contributed by atoms with Gasteiger partial charge in [0.25, 0.3) is 0 Å². The predicted molar refractivity (Wildman–Crippen MR) is 103 cm³/mol. The summed E-state index contributed by atoms with van der Waals surface area (Å²) < 4.78 is 0. The number of nitrogens with one attached hydrogen (secondary N) is 1. The summed E-state index contributed by atoms with van der Waals surface area (Å²) in [4.78, 5) is 21.0. The molecule has 0 aliphatic rings. The Kier molecular flexibility index (Phi) is 5.97. The molecule has 1 heterocycles. The molecule has 3 aromatic rings. The Morgan fingerprint density at radius 2 is 1.77 bits per heavy atom. The molecule has 26 heavy (non-hydrogen) atoms. The minimum absolute atomic E-state index is 0.0545. The van der Waals surface area contributed by atoms with Crippen molar-refractivity contribution < 1.29 is 4.79 Å². The quantitative estimate of drug-likeness (QED) is 0.709. The molecule has 1 unspecified atom stereocenters. The molecule has 1 aromatic heterocycles. The molecule has 1 atom stereocenters. The van der Waals surface area contributed by atoms with Crippen molar-refractivity contribution in [3.05, 3.63) is 94.5 Å². The van der Waals surface area contributed by atoms with Gasteiger partial charge in [0, 0.05) is 23.6 Å². The summed E-state index contributed by atoms with van der Waals surface area (Å²) >= 11 is 6.39. The Balaban J connectivity index is 1.74. The third-order valence-corrected chi connectivity index (χ3v) is 4.52.